The number of nitrogens with two attached hydrogens (primary N) is 1. The van der Waals surface area contributed by atoms with Gasteiger partial charge < -0.3 is 11.1 Å². The molecule has 1 aromatic heterocycles. The second-order valence-electron chi connectivity index (χ2n) is 5.07. The molecule has 0 radical (unpaired) electrons. The summed E-state index contributed by atoms with van der Waals surface area (Å²) in [7, 11) is 0. The van der Waals surface area contributed by atoms with E-state index in [4.69, 9.17) is 5.73 Å². The van der Waals surface area contributed by atoms with Gasteiger partial charge in [0.1, 0.15) is 11.5 Å². The van der Waals surface area contributed by atoms with Crippen LogP contribution in [0.4, 0.5) is 5.82 Å². The second kappa shape index (κ2) is 5.33. The zero-order chi connectivity index (χ0) is 13.0. The van der Waals surface area contributed by atoms with E-state index in [1.807, 2.05) is 0 Å². The average Bonchev–Trinajstić information content (AvgIpc) is 2.86. The van der Waals surface area contributed by atoms with E-state index < -0.39 is 0 Å². The smallest absolute Gasteiger partial charge is 0.271 e. The SMILES string of the molecule is CCC1(CNC(=O)c2cnc(N)cn2)CCCC1. The number of carbonyl (C=O) groups excluding carboxylic acids is 1. The first-order valence-corrected chi connectivity index (χ1v) is 6.51. The molecular weight excluding hydrogens is 228 g/mol. The van der Waals surface area contributed by atoms with E-state index in [0.29, 0.717) is 11.5 Å². The highest BCUT2D eigenvalue weighted by atomic mass is 16.1. The predicted molar refractivity (Wildman–Crippen MR) is 70.0 cm³/mol. The fourth-order valence-electron chi connectivity index (χ4n) is 2.59. The van der Waals surface area contributed by atoms with E-state index in [-0.39, 0.29) is 11.3 Å². The van der Waals surface area contributed by atoms with E-state index in [1.54, 1.807) is 0 Å². The maximum atomic E-state index is 11.9. The minimum atomic E-state index is -0.165. The molecule has 2 rings (SSSR count). The Hall–Kier alpha value is -1.65. The van der Waals surface area contributed by atoms with Gasteiger partial charge in [0.2, 0.25) is 0 Å². The third-order valence-electron chi connectivity index (χ3n) is 3.94. The Kier molecular flexibility index (Phi) is 3.79. The van der Waals surface area contributed by atoms with E-state index in [9.17, 15) is 4.79 Å². The molecule has 0 spiro atoms. The van der Waals surface area contributed by atoms with Crippen LogP contribution in [0.25, 0.3) is 0 Å². The molecule has 3 N–H and O–H groups in total. The molecule has 0 unspecified atom stereocenters. The summed E-state index contributed by atoms with van der Waals surface area (Å²) in [5.74, 6) is 0.162. The van der Waals surface area contributed by atoms with Gasteiger partial charge in [-0.25, -0.2) is 9.97 Å². The van der Waals surface area contributed by atoms with Gasteiger partial charge in [0.25, 0.3) is 5.91 Å². The predicted octanol–water partition coefficient (Wildman–Crippen LogP) is 1.76. The van der Waals surface area contributed by atoms with Gasteiger partial charge in [0, 0.05) is 6.54 Å². The lowest BCUT2D eigenvalue weighted by Crippen LogP contribution is -2.36. The molecule has 98 valence electrons. The zero-order valence-electron chi connectivity index (χ0n) is 10.8. The number of hydrogen-bond donors (Lipinski definition) is 2. The summed E-state index contributed by atoms with van der Waals surface area (Å²) >= 11 is 0. The Morgan fingerprint density at radius 2 is 2.11 bits per heavy atom. The molecule has 5 nitrogen and oxygen atoms in total. The van der Waals surface area contributed by atoms with Crippen molar-refractivity contribution in [3.63, 3.8) is 0 Å². The van der Waals surface area contributed by atoms with Crippen LogP contribution < -0.4 is 11.1 Å². The van der Waals surface area contributed by atoms with Crippen molar-refractivity contribution in [2.24, 2.45) is 5.41 Å². The van der Waals surface area contributed by atoms with Gasteiger partial charge in [-0.05, 0) is 24.7 Å². The normalized spacial score (nSPS) is 17.6. The summed E-state index contributed by atoms with van der Waals surface area (Å²) in [6.07, 6.45) is 8.88. The molecule has 5 heteroatoms. The number of nitrogens with zero attached hydrogens (tertiary/aromatic N) is 2. The van der Waals surface area contributed by atoms with E-state index in [0.717, 1.165) is 13.0 Å². The first-order chi connectivity index (χ1) is 8.65. The minimum Gasteiger partial charge on any atom is -0.382 e. The average molecular weight is 248 g/mol. The monoisotopic (exact) mass is 248 g/mol. The van der Waals surface area contributed by atoms with Crippen LogP contribution in [-0.4, -0.2) is 22.4 Å². The van der Waals surface area contributed by atoms with E-state index >= 15 is 0 Å². The molecule has 0 aromatic carbocycles. The Balaban J connectivity index is 1.93. The van der Waals surface area contributed by atoms with Crippen molar-refractivity contribution in [1.29, 1.82) is 0 Å². The third kappa shape index (κ3) is 2.78. The molecule has 0 aliphatic heterocycles. The fraction of sp³-hybridized carbons (Fsp3) is 0.615. The van der Waals surface area contributed by atoms with Crippen LogP contribution in [0.3, 0.4) is 0 Å². The lowest BCUT2D eigenvalue weighted by Gasteiger charge is -2.27. The van der Waals surface area contributed by atoms with Crippen molar-refractivity contribution in [3.8, 4) is 0 Å². The number of aromatic nitrogens is 2. The molecule has 1 aliphatic rings. The highest BCUT2D eigenvalue weighted by molar-refractivity contribution is 5.92. The number of nitrogens with one attached hydrogen (secondary N) is 1. The molecule has 1 heterocycles. The molecule has 18 heavy (non-hydrogen) atoms. The molecule has 1 aromatic rings. The van der Waals surface area contributed by atoms with Crippen molar-refractivity contribution in [1.82, 2.24) is 15.3 Å². The number of amides is 1. The maximum absolute atomic E-state index is 11.9. The fourth-order valence-corrected chi connectivity index (χ4v) is 2.59. The summed E-state index contributed by atoms with van der Waals surface area (Å²) in [6.45, 7) is 2.93. The van der Waals surface area contributed by atoms with Crippen molar-refractivity contribution in [2.45, 2.75) is 39.0 Å². The summed E-state index contributed by atoms with van der Waals surface area (Å²) < 4.78 is 0. The van der Waals surface area contributed by atoms with Crippen molar-refractivity contribution in [2.75, 3.05) is 12.3 Å². The van der Waals surface area contributed by atoms with Crippen LogP contribution in [0.5, 0.6) is 0 Å². The van der Waals surface area contributed by atoms with Crippen LogP contribution in [0.1, 0.15) is 49.5 Å². The lowest BCUT2D eigenvalue weighted by molar-refractivity contribution is 0.0923. The van der Waals surface area contributed by atoms with Gasteiger partial charge in [0.05, 0.1) is 12.4 Å². The standard InChI is InChI=1S/C13H20N4O/c1-2-13(5-3-4-6-13)9-17-12(18)10-7-16-11(14)8-15-10/h7-8H,2-6,9H2,1H3,(H2,14,16)(H,17,18). The van der Waals surface area contributed by atoms with Gasteiger partial charge in [-0.2, -0.15) is 0 Å². The highest BCUT2D eigenvalue weighted by Gasteiger charge is 2.32. The number of nitrogen functional groups attached to an aromatic ring is 1. The van der Waals surface area contributed by atoms with Gasteiger partial charge >= 0.3 is 0 Å². The van der Waals surface area contributed by atoms with Gasteiger partial charge in [-0.3, -0.25) is 4.79 Å². The van der Waals surface area contributed by atoms with Gasteiger partial charge in [0.15, 0.2) is 0 Å². The number of rotatable bonds is 4. The lowest BCUT2D eigenvalue weighted by atomic mass is 9.83. The first kappa shape index (κ1) is 12.8. The van der Waals surface area contributed by atoms with Gasteiger partial charge in [-0.1, -0.05) is 19.8 Å². The topological polar surface area (TPSA) is 80.9 Å². The van der Waals surface area contributed by atoms with E-state index in [2.05, 4.69) is 22.2 Å². The summed E-state index contributed by atoms with van der Waals surface area (Å²) in [5, 5.41) is 2.97. The van der Waals surface area contributed by atoms with Gasteiger partial charge in [-0.15, -0.1) is 0 Å². The molecular formula is C13H20N4O. The zero-order valence-corrected chi connectivity index (χ0v) is 10.8. The first-order valence-electron chi connectivity index (χ1n) is 6.51. The molecule has 0 saturated heterocycles. The Morgan fingerprint density at radius 1 is 1.39 bits per heavy atom. The van der Waals surface area contributed by atoms with Crippen LogP contribution in [-0.2, 0) is 0 Å². The quantitative estimate of drug-likeness (QED) is 0.850. The number of anilines is 1. The number of hydrogen-bond acceptors (Lipinski definition) is 4. The summed E-state index contributed by atoms with van der Waals surface area (Å²) in [4.78, 5) is 19.8. The molecule has 1 aliphatic carbocycles. The molecule has 0 atom stereocenters. The van der Waals surface area contributed by atoms with Crippen LogP contribution in [0.2, 0.25) is 0 Å². The van der Waals surface area contributed by atoms with E-state index in [1.165, 1.54) is 38.1 Å². The number of carbonyl (C=O) groups is 1. The molecule has 1 fully saturated rings. The largest absolute Gasteiger partial charge is 0.382 e. The van der Waals surface area contributed by atoms with Crippen molar-refractivity contribution < 1.29 is 4.79 Å². The van der Waals surface area contributed by atoms with Crippen LogP contribution in [0, 0.1) is 5.41 Å². The Bertz CT molecular complexity index is 410. The van der Waals surface area contributed by atoms with Crippen LogP contribution >= 0.6 is 0 Å². The summed E-state index contributed by atoms with van der Waals surface area (Å²) in [6, 6.07) is 0. The highest BCUT2D eigenvalue weighted by Crippen LogP contribution is 2.40. The molecule has 1 saturated carbocycles. The second-order valence-corrected chi connectivity index (χ2v) is 5.07. The van der Waals surface area contributed by atoms with Crippen molar-refractivity contribution in [3.05, 3.63) is 18.1 Å². The van der Waals surface area contributed by atoms with Crippen LogP contribution in [0.15, 0.2) is 12.4 Å². The molecule has 0 bridgehead atoms. The summed E-state index contributed by atoms with van der Waals surface area (Å²) in [5.41, 5.74) is 6.05. The third-order valence-corrected chi connectivity index (χ3v) is 3.94. The Labute approximate surface area is 107 Å². The Morgan fingerprint density at radius 3 is 2.67 bits per heavy atom. The minimum absolute atomic E-state index is 0.165. The molecule has 1 amide bonds. The van der Waals surface area contributed by atoms with Crippen molar-refractivity contribution >= 4 is 11.7 Å². The maximum Gasteiger partial charge on any atom is 0.271 e.